The van der Waals surface area contributed by atoms with Gasteiger partial charge in [0.15, 0.2) is 11.6 Å². The Labute approximate surface area is 188 Å². The lowest BCUT2D eigenvalue weighted by molar-refractivity contribution is -0.137. The molecule has 3 amide bonds. The van der Waals surface area contributed by atoms with E-state index in [1.54, 1.807) is 0 Å². The summed E-state index contributed by atoms with van der Waals surface area (Å²) in [5, 5.41) is 3.98. The predicted molar refractivity (Wildman–Crippen MR) is 111 cm³/mol. The Morgan fingerprint density at radius 3 is 2.30 bits per heavy atom. The first-order chi connectivity index (χ1) is 15.6. The number of carbonyl (C=O) groups is 2. The van der Waals surface area contributed by atoms with Gasteiger partial charge in [-0.1, -0.05) is 11.6 Å². The molecule has 0 fully saturated rings. The highest BCUT2D eigenvalue weighted by Gasteiger charge is 2.33. The van der Waals surface area contributed by atoms with Crippen molar-refractivity contribution in [3.05, 3.63) is 76.8 Å². The second-order valence-corrected chi connectivity index (χ2v) is 6.78. The zero-order chi connectivity index (χ0) is 24.2. The Hall–Kier alpha value is -3.90. The summed E-state index contributed by atoms with van der Waals surface area (Å²) < 4.78 is 58.6. The molecule has 5 N–H and O–H groups in total. The average Bonchev–Trinajstić information content (AvgIpc) is 2.76. The van der Waals surface area contributed by atoms with Crippen LogP contribution < -0.4 is 26.6 Å². The first-order valence-corrected chi connectivity index (χ1v) is 9.34. The van der Waals surface area contributed by atoms with E-state index in [1.807, 2.05) is 5.43 Å². The zero-order valence-electron chi connectivity index (χ0n) is 16.3. The van der Waals surface area contributed by atoms with Gasteiger partial charge < -0.3 is 15.4 Å². The number of aromatic nitrogens is 1. The molecular formula is C20H14ClF4N5O3. The van der Waals surface area contributed by atoms with Crippen LogP contribution in [-0.4, -0.2) is 16.9 Å². The maximum atomic E-state index is 14.4. The number of pyridine rings is 1. The van der Waals surface area contributed by atoms with Gasteiger partial charge in [0.25, 0.3) is 5.91 Å². The topological polar surface area (TPSA) is 118 Å². The van der Waals surface area contributed by atoms with E-state index in [0.717, 1.165) is 12.1 Å². The summed E-state index contributed by atoms with van der Waals surface area (Å²) in [7, 11) is 0. The molecule has 1 heterocycles. The molecule has 0 radical (unpaired) electrons. The number of halogens is 5. The van der Waals surface area contributed by atoms with Crippen LogP contribution >= 0.6 is 11.6 Å². The average molecular weight is 484 g/mol. The molecule has 3 rings (SSSR count). The Morgan fingerprint density at radius 2 is 1.67 bits per heavy atom. The fourth-order valence-corrected chi connectivity index (χ4v) is 2.80. The Bertz CT molecular complexity index is 1210. The molecule has 0 atom stereocenters. The minimum Gasteiger partial charge on any atom is -0.454 e. The molecule has 0 aliphatic carbocycles. The second-order valence-electron chi connectivity index (χ2n) is 6.37. The molecule has 33 heavy (non-hydrogen) atoms. The minimum atomic E-state index is -4.70. The number of rotatable bonds is 5. The number of nitrogens with one attached hydrogen (secondary N) is 3. The number of hydrogen-bond acceptors (Lipinski definition) is 5. The standard InChI is InChI=1S/C20H14ClF4N5O3/c21-14-3-1-10(7-13(14)20(23,24)25)28-19(32)29-11-2-4-17(15(22)8-11)33-12-5-6-27-16(9-12)18(31)30-26/h1-9H,26H2,(H,30,31)(H2,28,29,32). The highest BCUT2D eigenvalue weighted by atomic mass is 35.5. The molecule has 0 aliphatic rings. The lowest BCUT2D eigenvalue weighted by Gasteiger charge is -2.13. The van der Waals surface area contributed by atoms with E-state index >= 15 is 0 Å². The highest BCUT2D eigenvalue weighted by molar-refractivity contribution is 6.31. The van der Waals surface area contributed by atoms with Crippen molar-refractivity contribution in [2.75, 3.05) is 10.6 Å². The van der Waals surface area contributed by atoms with Crippen molar-refractivity contribution in [2.45, 2.75) is 6.18 Å². The lowest BCUT2D eigenvalue weighted by atomic mass is 10.2. The van der Waals surface area contributed by atoms with Gasteiger partial charge in [-0.25, -0.2) is 15.0 Å². The smallest absolute Gasteiger partial charge is 0.417 e. The SMILES string of the molecule is NNC(=O)c1cc(Oc2ccc(NC(=O)Nc3ccc(Cl)c(C(F)(F)F)c3)cc2F)ccn1. The molecule has 13 heteroatoms. The van der Waals surface area contributed by atoms with Crippen molar-refractivity contribution in [1.29, 1.82) is 0 Å². The quantitative estimate of drug-likeness (QED) is 0.177. The molecule has 0 saturated carbocycles. The molecule has 0 saturated heterocycles. The highest BCUT2D eigenvalue weighted by Crippen LogP contribution is 2.36. The van der Waals surface area contributed by atoms with Crippen molar-refractivity contribution in [2.24, 2.45) is 5.84 Å². The van der Waals surface area contributed by atoms with Crippen LogP contribution in [0.25, 0.3) is 0 Å². The molecule has 1 aromatic heterocycles. The van der Waals surface area contributed by atoms with E-state index in [2.05, 4.69) is 15.6 Å². The number of anilines is 2. The number of nitrogens with zero attached hydrogens (tertiary/aromatic N) is 1. The number of amides is 3. The summed E-state index contributed by atoms with van der Waals surface area (Å²) in [6, 6.07) is 8.00. The van der Waals surface area contributed by atoms with Crippen molar-refractivity contribution < 1.29 is 31.9 Å². The van der Waals surface area contributed by atoms with Gasteiger partial charge in [-0.3, -0.25) is 15.2 Å². The van der Waals surface area contributed by atoms with Crippen LogP contribution in [-0.2, 0) is 6.18 Å². The van der Waals surface area contributed by atoms with Crippen LogP contribution in [0.3, 0.4) is 0 Å². The summed E-state index contributed by atoms with van der Waals surface area (Å²) in [6.07, 6.45) is -3.44. The van der Waals surface area contributed by atoms with Crippen LogP contribution in [0.15, 0.2) is 54.7 Å². The molecule has 3 aromatic rings. The van der Waals surface area contributed by atoms with Gasteiger partial charge in [-0.15, -0.1) is 0 Å². The van der Waals surface area contributed by atoms with E-state index < -0.39 is 34.5 Å². The summed E-state index contributed by atoms with van der Waals surface area (Å²) >= 11 is 5.54. The van der Waals surface area contributed by atoms with Gasteiger partial charge in [-0.05, 0) is 36.4 Å². The molecule has 0 bridgehead atoms. The number of alkyl halides is 3. The molecule has 0 unspecified atom stereocenters. The van der Waals surface area contributed by atoms with Crippen LogP contribution in [0.1, 0.15) is 16.1 Å². The third-order valence-corrected chi connectivity index (χ3v) is 4.37. The number of nitrogens with two attached hydrogens (primary N) is 1. The number of urea groups is 1. The monoisotopic (exact) mass is 483 g/mol. The van der Waals surface area contributed by atoms with E-state index in [4.69, 9.17) is 22.2 Å². The normalized spacial score (nSPS) is 11.0. The zero-order valence-corrected chi connectivity index (χ0v) is 17.1. The summed E-state index contributed by atoms with van der Waals surface area (Å²) in [5.74, 6) is 3.38. The number of hydrazine groups is 1. The summed E-state index contributed by atoms with van der Waals surface area (Å²) in [6.45, 7) is 0. The molecule has 2 aromatic carbocycles. The Balaban J connectivity index is 1.68. The first-order valence-electron chi connectivity index (χ1n) is 8.96. The van der Waals surface area contributed by atoms with Crippen molar-refractivity contribution in [3.63, 3.8) is 0 Å². The number of nitrogen functional groups attached to an aromatic ring is 1. The fourth-order valence-electron chi connectivity index (χ4n) is 2.57. The van der Waals surface area contributed by atoms with Crippen LogP contribution in [0.4, 0.5) is 33.7 Å². The number of benzene rings is 2. The van der Waals surface area contributed by atoms with Gasteiger partial charge in [0, 0.05) is 29.7 Å². The number of ether oxygens (including phenoxy) is 1. The lowest BCUT2D eigenvalue weighted by Crippen LogP contribution is -2.30. The van der Waals surface area contributed by atoms with E-state index in [1.165, 1.54) is 36.5 Å². The van der Waals surface area contributed by atoms with Crippen LogP contribution in [0.5, 0.6) is 11.5 Å². The van der Waals surface area contributed by atoms with Gasteiger partial charge in [0.2, 0.25) is 0 Å². The minimum absolute atomic E-state index is 0.000264. The van der Waals surface area contributed by atoms with Gasteiger partial charge >= 0.3 is 12.2 Å². The van der Waals surface area contributed by atoms with Gasteiger partial charge in [0.05, 0.1) is 10.6 Å². The fraction of sp³-hybridized carbons (Fsp3) is 0.0500. The number of hydrogen-bond donors (Lipinski definition) is 4. The van der Waals surface area contributed by atoms with Crippen LogP contribution in [0.2, 0.25) is 5.02 Å². The maximum absolute atomic E-state index is 14.4. The predicted octanol–water partition coefficient (Wildman–Crippen LogP) is 4.93. The summed E-state index contributed by atoms with van der Waals surface area (Å²) in [4.78, 5) is 27.4. The van der Waals surface area contributed by atoms with Crippen molar-refractivity contribution >= 4 is 34.9 Å². The third kappa shape index (κ3) is 6.08. The van der Waals surface area contributed by atoms with E-state index in [9.17, 15) is 27.2 Å². The molecule has 0 spiro atoms. The molecule has 8 nitrogen and oxygen atoms in total. The Morgan fingerprint density at radius 1 is 1.00 bits per heavy atom. The van der Waals surface area contributed by atoms with Crippen molar-refractivity contribution in [3.8, 4) is 11.5 Å². The number of carbonyl (C=O) groups excluding carboxylic acids is 2. The molecule has 172 valence electrons. The van der Waals surface area contributed by atoms with Crippen molar-refractivity contribution in [1.82, 2.24) is 10.4 Å². The Kier molecular flexibility index (Phi) is 6.99. The van der Waals surface area contributed by atoms with Gasteiger partial charge in [-0.2, -0.15) is 13.2 Å². The summed E-state index contributed by atoms with van der Waals surface area (Å²) in [5.41, 5.74) is 0.566. The third-order valence-electron chi connectivity index (χ3n) is 4.04. The second kappa shape index (κ2) is 9.71. The van der Waals surface area contributed by atoms with Crippen LogP contribution in [0, 0.1) is 5.82 Å². The molecule has 0 aliphatic heterocycles. The van der Waals surface area contributed by atoms with E-state index in [-0.39, 0.29) is 28.6 Å². The maximum Gasteiger partial charge on any atom is 0.417 e. The first kappa shape index (κ1) is 23.8. The van der Waals surface area contributed by atoms with Gasteiger partial charge in [0.1, 0.15) is 11.4 Å². The molecular weight excluding hydrogens is 470 g/mol. The van der Waals surface area contributed by atoms with E-state index in [0.29, 0.717) is 6.07 Å². The largest absolute Gasteiger partial charge is 0.454 e.